The second kappa shape index (κ2) is 6.88. The van der Waals surface area contributed by atoms with E-state index in [1.54, 1.807) is 0 Å². The minimum Gasteiger partial charge on any atom is -0.345 e. The van der Waals surface area contributed by atoms with E-state index in [1.165, 1.54) is 0 Å². The molecule has 130 valence electrons. The smallest absolute Gasteiger partial charge is 0.277 e. The Morgan fingerprint density at radius 2 is 2.04 bits per heavy atom. The summed E-state index contributed by atoms with van der Waals surface area (Å²) in [5.41, 5.74) is 4.02. The molecule has 0 radical (unpaired) electrons. The van der Waals surface area contributed by atoms with E-state index in [4.69, 9.17) is 0 Å². The van der Waals surface area contributed by atoms with Gasteiger partial charge in [-0.25, -0.2) is 10.1 Å². The lowest BCUT2D eigenvalue weighted by Gasteiger charge is -2.10. The van der Waals surface area contributed by atoms with Crippen LogP contribution < -0.4 is 10.9 Å². The molecule has 0 aliphatic rings. The number of imidazole rings is 1. The molecule has 0 bridgehead atoms. The topological polar surface area (TPSA) is 104 Å². The molecule has 0 saturated carbocycles. The van der Waals surface area contributed by atoms with Crippen molar-refractivity contribution in [3.63, 3.8) is 0 Å². The molecule has 1 amide bonds. The number of rotatable bonds is 5. The van der Waals surface area contributed by atoms with Crippen LogP contribution in [0.4, 0.5) is 0 Å². The molecule has 3 N–H and O–H groups in total. The normalized spacial score (nSPS) is 11.0. The van der Waals surface area contributed by atoms with Gasteiger partial charge in [-0.2, -0.15) is 5.10 Å². The lowest BCUT2D eigenvalue weighted by Crippen LogP contribution is -2.32. The third kappa shape index (κ3) is 3.31. The van der Waals surface area contributed by atoms with E-state index in [0.29, 0.717) is 24.2 Å². The van der Waals surface area contributed by atoms with Gasteiger partial charge in [0.1, 0.15) is 11.4 Å². The first-order valence-electron chi connectivity index (χ1n) is 8.37. The minimum atomic E-state index is -0.466. The van der Waals surface area contributed by atoms with E-state index >= 15 is 0 Å². The Morgan fingerprint density at radius 1 is 1.24 bits per heavy atom. The van der Waals surface area contributed by atoms with Gasteiger partial charge in [0.15, 0.2) is 0 Å². The van der Waals surface area contributed by atoms with Crippen LogP contribution in [0.5, 0.6) is 0 Å². The largest absolute Gasteiger partial charge is 0.345 e. The van der Waals surface area contributed by atoms with E-state index < -0.39 is 11.5 Å². The fourth-order valence-corrected chi connectivity index (χ4v) is 2.95. The van der Waals surface area contributed by atoms with Crippen molar-refractivity contribution in [1.82, 2.24) is 25.5 Å². The number of carbonyl (C=O) groups is 1. The number of aromatic nitrogens is 4. The van der Waals surface area contributed by atoms with Crippen LogP contribution in [0.1, 0.15) is 46.9 Å². The summed E-state index contributed by atoms with van der Waals surface area (Å²) in [6.07, 6.45) is 1.23. The van der Waals surface area contributed by atoms with Gasteiger partial charge in [0.25, 0.3) is 11.5 Å². The van der Waals surface area contributed by atoms with Gasteiger partial charge in [-0.3, -0.25) is 9.59 Å². The number of hydrogen-bond acceptors (Lipinski definition) is 4. The molecule has 3 aromatic rings. The van der Waals surface area contributed by atoms with Crippen LogP contribution in [-0.2, 0) is 19.4 Å². The van der Waals surface area contributed by atoms with Crippen molar-refractivity contribution < 1.29 is 4.79 Å². The average Bonchev–Trinajstić information content (AvgIpc) is 3.01. The zero-order valence-electron chi connectivity index (χ0n) is 14.6. The van der Waals surface area contributed by atoms with E-state index in [1.807, 2.05) is 39.0 Å². The predicted octanol–water partition coefficient (Wildman–Crippen LogP) is 2.01. The molecule has 0 atom stereocenters. The molecule has 7 heteroatoms. The van der Waals surface area contributed by atoms with Crippen molar-refractivity contribution in [2.45, 2.75) is 40.2 Å². The number of carbonyl (C=O) groups excluding carboxylic acids is 1. The van der Waals surface area contributed by atoms with Crippen molar-refractivity contribution in [2.24, 2.45) is 0 Å². The molecular formula is C18H21N5O2. The second-order valence-corrected chi connectivity index (χ2v) is 5.95. The molecule has 2 aromatic heterocycles. The van der Waals surface area contributed by atoms with Crippen LogP contribution in [0, 0.1) is 6.92 Å². The summed E-state index contributed by atoms with van der Waals surface area (Å²) in [4.78, 5) is 32.3. The van der Waals surface area contributed by atoms with Crippen LogP contribution in [0.3, 0.4) is 0 Å². The highest BCUT2D eigenvalue weighted by molar-refractivity contribution is 5.95. The number of nitrogens with zero attached hydrogens (tertiary/aromatic N) is 2. The third-order valence-corrected chi connectivity index (χ3v) is 4.19. The van der Waals surface area contributed by atoms with E-state index in [9.17, 15) is 9.59 Å². The molecular weight excluding hydrogens is 318 g/mol. The number of nitrogens with one attached hydrogen (secondary N) is 3. The SMILES string of the molecule is CCc1n[nH]c(=O)c(C(=O)NCc2nc3ccc(C)cc3[nH]2)c1CC. The maximum absolute atomic E-state index is 12.6. The summed E-state index contributed by atoms with van der Waals surface area (Å²) in [5, 5.41) is 9.22. The summed E-state index contributed by atoms with van der Waals surface area (Å²) < 4.78 is 0. The highest BCUT2D eigenvalue weighted by Gasteiger charge is 2.19. The average molecular weight is 339 g/mol. The number of fused-ring (bicyclic) bond motifs is 1. The van der Waals surface area contributed by atoms with Crippen LogP contribution in [0.25, 0.3) is 11.0 Å². The Balaban J connectivity index is 1.83. The molecule has 0 spiro atoms. The van der Waals surface area contributed by atoms with Gasteiger partial charge in [0.05, 0.1) is 23.3 Å². The number of H-pyrrole nitrogens is 2. The quantitative estimate of drug-likeness (QED) is 0.661. The Labute approximate surface area is 144 Å². The summed E-state index contributed by atoms with van der Waals surface area (Å²) >= 11 is 0. The first kappa shape index (κ1) is 16.9. The first-order chi connectivity index (χ1) is 12.0. The monoisotopic (exact) mass is 339 g/mol. The molecule has 0 unspecified atom stereocenters. The first-order valence-corrected chi connectivity index (χ1v) is 8.37. The predicted molar refractivity (Wildman–Crippen MR) is 95.6 cm³/mol. The van der Waals surface area contributed by atoms with Crippen molar-refractivity contribution in [1.29, 1.82) is 0 Å². The third-order valence-electron chi connectivity index (χ3n) is 4.19. The molecule has 0 fully saturated rings. The van der Waals surface area contributed by atoms with Gasteiger partial charge < -0.3 is 10.3 Å². The van der Waals surface area contributed by atoms with Crippen LogP contribution in [-0.4, -0.2) is 26.1 Å². The van der Waals surface area contributed by atoms with Crippen LogP contribution in [0.2, 0.25) is 0 Å². The number of hydrogen-bond donors (Lipinski definition) is 3. The Kier molecular flexibility index (Phi) is 4.65. The van der Waals surface area contributed by atoms with Crippen molar-refractivity contribution in [3.05, 3.63) is 56.8 Å². The summed E-state index contributed by atoms with van der Waals surface area (Å²) in [6.45, 7) is 6.08. The van der Waals surface area contributed by atoms with E-state index in [2.05, 4.69) is 25.5 Å². The lowest BCUT2D eigenvalue weighted by atomic mass is 10.0. The molecule has 7 nitrogen and oxygen atoms in total. The number of aryl methyl sites for hydroxylation is 2. The van der Waals surface area contributed by atoms with E-state index in [0.717, 1.165) is 22.3 Å². The summed E-state index contributed by atoms with van der Waals surface area (Å²) in [5.74, 6) is 0.236. The van der Waals surface area contributed by atoms with Crippen molar-refractivity contribution in [3.8, 4) is 0 Å². The maximum Gasteiger partial charge on any atom is 0.277 e. The summed E-state index contributed by atoms with van der Waals surface area (Å²) in [6, 6.07) is 5.93. The van der Waals surface area contributed by atoms with Crippen LogP contribution in [0.15, 0.2) is 23.0 Å². The zero-order valence-corrected chi connectivity index (χ0v) is 14.6. The molecule has 0 aliphatic carbocycles. The fraction of sp³-hybridized carbons (Fsp3) is 0.333. The maximum atomic E-state index is 12.6. The molecule has 0 saturated heterocycles. The number of benzene rings is 1. The van der Waals surface area contributed by atoms with Crippen molar-refractivity contribution >= 4 is 16.9 Å². The summed E-state index contributed by atoms with van der Waals surface area (Å²) in [7, 11) is 0. The van der Waals surface area contributed by atoms with Crippen molar-refractivity contribution in [2.75, 3.05) is 0 Å². The minimum absolute atomic E-state index is 0.140. The molecule has 1 aromatic carbocycles. The molecule has 25 heavy (non-hydrogen) atoms. The van der Waals surface area contributed by atoms with Crippen LogP contribution >= 0.6 is 0 Å². The molecule has 3 rings (SSSR count). The van der Waals surface area contributed by atoms with Gasteiger partial charge in [-0.15, -0.1) is 0 Å². The molecule has 0 aliphatic heterocycles. The van der Waals surface area contributed by atoms with Gasteiger partial charge in [-0.1, -0.05) is 19.9 Å². The standard InChI is InChI=1S/C18H21N5O2/c1-4-11-12(5-2)22-23-18(25)16(11)17(24)19-9-15-20-13-7-6-10(3)8-14(13)21-15/h6-8H,4-5,9H2,1-3H3,(H,19,24)(H,20,21)(H,23,25). The molecule has 2 heterocycles. The van der Waals surface area contributed by atoms with Gasteiger partial charge in [-0.05, 0) is 43.0 Å². The van der Waals surface area contributed by atoms with Gasteiger partial charge in [0.2, 0.25) is 0 Å². The zero-order chi connectivity index (χ0) is 18.0. The lowest BCUT2D eigenvalue weighted by molar-refractivity contribution is 0.0947. The highest BCUT2D eigenvalue weighted by atomic mass is 16.2. The Hall–Kier alpha value is -2.96. The van der Waals surface area contributed by atoms with Gasteiger partial charge >= 0.3 is 0 Å². The number of amides is 1. The Bertz CT molecular complexity index is 987. The Morgan fingerprint density at radius 3 is 2.76 bits per heavy atom. The van der Waals surface area contributed by atoms with E-state index in [-0.39, 0.29) is 12.1 Å². The highest BCUT2D eigenvalue weighted by Crippen LogP contribution is 2.14. The number of aromatic amines is 2. The van der Waals surface area contributed by atoms with Gasteiger partial charge in [0, 0.05) is 0 Å². The second-order valence-electron chi connectivity index (χ2n) is 5.95. The fourth-order valence-electron chi connectivity index (χ4n) is 2.95.